The molecule has 0 saturated heterocycles. The number of hydrogen-bond acceptors (Lipinski definition) is 6. The van der Waals surface area contributed by atoms with E-state index in [4.69, 9.17) is 21.6 Å². The number of hydrogen-bond donors (Lipinski definition) is 1. The smallest absolute Gasteiger partial charge is 0.165 e. The molecule has 0 fully saturated rings. The van der Waals surface area contributed by atoms with Crippen LogP contribution in [0.1, 0.15) is 45.9 Å². The first-order valence-corrected chi connectivity index (χ1v) is 10.3. The summed E-state index contributed by atoms with van der Waals surface area (Å²) in [6.07, 6.45) is 4.78. The van der Waals surface area contributed by atoms with Crippen LogP contribution in [0.3, 0.4) is 0 Å². The Morgan fingerprint density at radius 1 is 1.41 bits per heavy atom. The van der Waals surface area contributed by atoms with Gasteiger partial charge < -0.3 is 4.90 Å². The van der Waals surface area contributed by atoms with Gasteiger partial charge in [0.2, 0.25) is 0 Å². The number of rotatable bonds is 4. The third kappa shape index (κ3) is 2.84. The first-order valence-electron chi connectivity index (χ1n) is 9.12. The summed E-state index contributed by atoms with van der Waals surface area (Å²) in [5, 5.41) is 7.48. The molecule has 4 rings (SSSR count). The molecule has 8 heteroatoms. The fourth-order valence-corrected chi connectivity index (χ4v) is 5.34. The standard InChI is InChI=1S/C19H23ClN6S/c1-6-11(3)26-8-10(2)17-19(26,5)24-12(4)15(23-17)16-13(20)7-14(27-16)18-21-9-22-25-18/h7-9,11,17H,6H2,1-5H3,(H,21,22,25). The third-order valence-corrected chi connectivity index (χ3v) is 6.98. The van der Waals surface area contributed by atoms with Crippen molar-refractivity contribution in [3.63, 3.8) is 0 Å². The summed E-state index contributed by atoms with van der Waals surface area (Å²) >= 11 is 8.13. The highest BCUT2D eigenvalue weighted by Gasteiger charge is 2.48. The summed E-state index contributed by atoms with van der Waals surface area (Å²) in [6.45, 7) is 10.8. The summed E-state index contributed by atoms with van der Waals surface area (Å²) < 4.78 is 0. The minimum absolute atomic E-state index is 0.00269. The molecule has 2 aliphatic rings. The predicted octanol–water partition coefficient (Wildman–Crippen LogP) is 4.55. The molecule has 2 aromatic rings. The van der Waals surface area contributed by atoms with E-state index in [1.807, 2.05) is 13.0 Å². The maximum absolute atomic E-state index is 6.56. The summed E-state index contributed by atoms with van der Waals surface area (Å²) in [5.41, 5.74) is 2.65. The van der Waals surface area contributed by atoms with E-state index >= 15 is 0 Å². The van der Waals surface area contributed by atoms with E-state index in [1.54, 1.807) is 11.3 Å². The van der Waals surface area contributed by atoms with E-state index in [0.29, 0.717) is 16.9 Å². The third-order valence-electron chi connectivity index (χ3n) is 5.43. The van der Waals surface area contributed by atoms with Gasteiger partial charge in [-0.25, -0.2) is 4.98 Å². The van der Waals surface area contributed by atoms with Gasteiger partial charge in [0, 0.05) is 12.2 Å². The molecule has 0 aliphatic carbocycles. The highest BCUT2D eigenvalue weighted by atomic mass is 35.5. The lowest BCUT2D eigenvalue weighted by atomic mass is 9.95. The van der Waals surface area contributed by atoms with Crippen molar-refractivity contribution >= 4 is 34.4 Å². The zero-order valence-electron chi connectivity index (χ0n) is 16.1. The second-order valence-corrected chi connectivity index (χ2v) is 8.79. The number of fused-ring (bicyclic) bond motifs is 1. The average molecular weight is 403 g/mol. The molecule has 0 amide bonds. The minimum Gasteiger partial charge on any atom is -0.349 e. The molecule has 2 aliphatic heterocycles. The maximum atomic E-state index is 6.56. The Morgan fingerprint density at radius 2 is 2.19 bits per heavy atom. The van der Waals surface area contributed by atoms with Crippen LogP contribution in [0.2, 0.25) is 5.02 Å². The van der Waals surface area contributed by atoms with Gasteiger partial charge in [-0.15, -0.1) is 11.3 Å². The zero-order chi connectivity index (χ0) is 19.3. The van der Waals surface area contributed by atoms with Crippen LogP contribution in [0.15, 0.2) is 34.2 Å². The lowest BCUT2D eigenvalue weighted by Crippen LogP contribution is -2.52. The number of nitrogens with one attached hydrogen (secondary N) is 1. The average Bonchev–Trinajstić information content (AvgIpc) is 3.33. The fourth-order valence-electron chi connectivity index (χ4n) is 3.92. The van der Waals surface area contributed by atoms with Crippen LogP contribution in [0.25, 0.3) is 10.7 Å². The number of aromatic amines is 1. The Labute approximate surface area is 168 Å². The second-order valence-electron chi connectivity index (χ2n) is 7.33. The van der Waals surface area contributed by atoms with Crippen molar-refractivity contribution in [3.8, 4) is 10.7 Å². The first kappa shape index (κ1) is 18.4. The lowest BCUT2D eigenvalue weighted by molar-refractivity contribution is 0.131. The Bertz CT molecular complexity index is 957. The van der Waals surface area contributed by atoms with Gasteiger partial charge in [-0.2, -0.15) is 5.10 Å². The van der Waals surface area contributed by atoms with Crippen LogP contribution in [-0.4, -0.2) is 49.3 Å². The van der Waals surface area contributed by atoms with E-state index < -0.39 is 0 Å². The van der Waals surface area contributed by atoms with Crippen LogP contribution in [0.5, 0.6) is 0 Å². The number of aromatic nitrogens is 3. The SMILES string of the molecule is CCC(C)N1C=C(C)C2N=C(c3sc(-c4ncn[nH]4)cc3Cl)C(C)=NC21C. The molecule has 6 nitrogen and oxygen atoms in total. The number of aliphatic imine (C=N–C) groups is 2. The molecule has 0 bridgehead atoms. The number of thiophene rings is 1. The normalized spacial score (nSPS) is 25.8. The number of nitrogens with zero attached hydrogens (tertiary/aromatic N) is 5. The molecular formula is C19H23ClN6S. The molecule has 142 valence electrons. The summed E-state index contributed by atoms with van der Waals surface area (Å²) in [4.78, 5) is 18.7. The van der Waals surface area contributed by atoms with Gasteiger partial charge in [-0.1, -0.05) is 18.5 Å². The van der Waals surface area contributed by atoms with E-state index in [-0.39, 0.29) is 11.7 Å². The zero-order valence-corrected chi connectivity index (χ0v) is 17.7. The molecule has 3 atom stereocenters. The fraction of sp³-hybridized carbons (Fsp3) is 0.474. The van der Waals surface area contributed by atoms with E-state index in [9.17, 15) is 0 Å². The van der Waals surface area contributed by atoms with Gasteiger partial charge in [0.15, 0.2) is 11.5 Å². The van der Waals surface area contributed by atoms with Crippen LogP contribution >= 0.6 is 22.9 Å². The quantitative estimate of drug-likeness (QED) is 0.815. The number of halogens is 1. The number of H-pyrrole nitrogens is 1. The highest BCUT2D eigenvalue weighted by molar-refractivity contribution is 7.19. The molecule has 0 aromatic carbocycles. The second kappa shape index (κ2) is 6.56. The molecule has 2 aromatic heterocycles. The van der Waals surface area contributed by atoms with Crippen molar-refractivity contribution in [2.45, 2.75) is 58.8 Å². The van der Waals surface area contributed by atoms with E-state index in [1.165, 1.54) is 11.9 Å². The van der Waals surface area contributed by atoms with Crippen molar-refractivity contribution < 1.29 is 0 Å². The molecule has 4 heterocycles. The molecule has 0 radical (unpaired) electrons. The minimum atomic E-state index is -0.370. The van der Waals surface area contributed by atoms with E-state index in [0.717, 1.165) is 27.6 Å². The van der Waals surface area contributed by atoms with Crippen molar-refractivity contribution in [1.82, 2.24) is 20.1 Å². The van der Waals surface area contributed by atoms with Gasteiger partial charge in [0.25, 0.3) is 0 Å². The highest BCUT2D eigenvalue weighted by Crippen LogP contribution is 2.42. The van der Waals surface area contributed by atoms with Gasteiger partial charge in [0.05, 0.1) is 26.2 Å². The predicted molar refractivity (Wildman–Crippen MR) is 112 cm³/mol. The topological polar surface area (TPSA) is 69.5 Å². The van der Waals surface area contributed by atoms with Crippen LogP contribution in [0.4, 0.5) is 0 Å². The Hall–Kier alpha value is -1.99. The van der Waals surface area contributed by atoms with E-state index in [2.05, 4.69) is 54.0 Å². The summed E-state index contributed by atoms with van der Waals surface area (Å²) in [5.74, 6) is 0.712. The summed E-state index contributed by atoms with van der Waals surface area (Å²) in [6, 6.07) is 2.32. The summed E-state index contributed by atoms with van der Waals surface area (Å²) in [7, 11) is 0. The molecule has 0 saturated carbocycles. The van der Waals surface area contributed by atoms with Gasteiger partial charge in [0.1, 0.15) is 12.4 Å². The van der Waals surface area contributed by atoms with Gasteiger partial charge in [-0.3, -0.25) is 15.1 Å². The molecule has 0 spiro atoms. The Morgan fingerprint density at radius 3 is 2.85 bits per heavy atom. The van der Waals surface area contributed by atoms with Crippen molar-refractivity contribution in [2.24, 2.45) is 9.98 Å². The molecule has 27 heavy (non-hydrogen) atoms. The van der Waals surface area contributed by atoms with Crippen molar-refractivity contribution in [3.05, 3.63) is 34.1 Å². The largest absolute Gasteiger partial charge is 0.349 e. The Kier molecular flexibility index (Phi) is 4.47. The van der Waals surface area contributed by atoms with Gasteiger partial charge >= 0.3 is 0 Å². The van der Waals surface area contributed by atoms with Crippen molar-refractivity contribution in [2.75, 3.05) is 0 Å². The Balaban J connectivity index is 1.75. The molecule has 3 unspecified atom stereocenters. The lowest BCUT2D eigenvalue weighted by Gasteiger charge is -2.42. The van der Waals surface area contributed by atoms with Crippen molar-refractivity contribution in [1.29, 1.82) is 0 Å². The van der Waals surface area contributed by atoms with Crippen LogP contribution in [-0.2, 0) is 0 Å². The maximum Gasteiger partial charge on any atom is 0.165 e. The molecule has 1 N–H and O–H groups in total. The van der Waals surface area contributed by atoms with Gasteiger partial charge in [-0.05, 0) is 45.8 Å². The van der Waals surface area contributed by atoms with Crippen LogP contribution in [0, 0.1) is 0 Å². The first-order chi connectivity index (χ1) is 12.8. The van der Waals surface area contributed by atoms with Crippen LogP contribution < -0.4 is 0 Å². The molecular weight excluding hydrogens is 380 g/mol. The monoisotopic (exact) mass is 402 g/mol.